The predicted molar refractivity (Wildman–Crippen MR) is 129 cm³/mol. The van der Waals surface area contributed by atoms with Crippen LogP contribution in [0.4, 0.5) is 26.7 Å². The fourth-order valence-electron chi connectivity index (χ4n) is 3.91. The van der Waals surface area contributed by atoms with Crippen LogP contribution in [0.3, 0.4) is 0 Å². The second-order valence-electron chi connectivity index (χ2n) is 8.00. The summed E-state index contributed by atoms with van der Waals surface area (Å²) in [6, 6.07) is 4.04. The van der Waals surface area contributed by atoms with Gasteiger partial charge in [-0.3, -0.25) is 4.98 Å². The molecule has 170 valence electrons. The van der Waals surface area contributed by atoms with Crippen molar-refractivity contribution >= 4 is 45.0 Å². The quantitative estimate of drug-likeness (QED) is 0.320. The summed E-state index contributed by atoms with van der Waals surface area (Å²) in [7, 11) is 0. The van der Waals surface area contributed by atoms with E-state index in [4.69, 9.17) is 10.8 Å². The second-order valence-corrected chi connectivity index (χ2v) is 8.89. The summed E-state index contributed by atoms with van der Waals surface area (Å²) in [4.78, 5) is 12.6. The normalized spacial score (nSPS) is 18.2. The van der Waals surface area contributed by atoms with Crippen LogP contribution in [0.25, 0.3) is 11.3 Å². The Bertz CT molecular complexity index is 1260. The SMILES string of the molecule is C=C(Nc1ccncc1F)c1cnc2c(Nc3nccs3)cc(NC3CCC(N)CC3)nn12. The highest BCUT2D eigenvalue weighted by molar-refractivity contribution is 7.13. The zero-order valence-electron chi connectivity index (χ0n) is 17.8. The molecule has 0 spiro atoms. The first-order chi connectivity index (χ1) is 16.1. The molecule has 4 aromatic rings. The number of thiazole rings is 1. The Kier molecular flexibility index (Phi) is 5.88. The van der Waals surface area contributed by atoms with Crippen LogP contribution in [-0.4, -0.2) is 36.6 Å². The molecule has 1 aliphatic rings. The van der Waals surface area contributed by atoms with E-state index in [1.54, 1.807) is 23.0 Å². The van der Waals surface area contributed by atoms with E-state index < -0.39 is 5.82 Å². The number of halogens is 1. The number of hydrogen-bond donors (Lipinski definition) is 4. The fourth-order valence-corrected chi connectivity index (χ4v) is 4.45. The van der Waals surface area contributed by atoms with Crippen LogP contribution in [0, 0.1) is 5.82 Å². The smallest absolute Gasteiger partial charge is 0.187 e. The predicted octanol–water partition coefficient (Wildman–Crippen LogP) is 4.23. The topological polar surface area (TPSA) is 118 Å². The summed E-state index contributed by atoms with van der Waals surface area (Å²) in [5.74, 6) is 0.230. The minimum Gasteiger partial charge on any atom is -0.366 e. The maximum absolute atomic E-state index is 14.1. The van der Waals surface area contributed by atoms with Crippen LogP contribution >= 0.6 is 11.3 Å². The van der Waals surface area contributed by atoms with Crippen LogP contribution in [0.1, 0.15) is 31.4 Å². The van der Waals surface area contributed by atoms with Crippen LogP contribution in [0.5, 0.6) is 0 Å². The summed E-state index contributed by atoms with van der Waals surface area (Å²) in [6.07, 6.45) is 10.0. The van der Waals surface area contributed by atoms with Crippen molar-refractivity contribution in [3.8, 4) is 0 Å². The van der Waals surface area contributed by atoms with Gasteiger partial charge in [-0.2, -0.15) is 0 Å². The minimum absolute atomic E-state index is 0.267. The number of nitrogens with one attached hydrogen (secondary N) is 3. The zero-order valence-corrected chi connectivity index (χ0v) is 18.6. The Morgan fingerprint density at radius 1 is 1.15 bits per heavy atom. The fraction of sp³-hybridized carbons (Fsp3) is 0.273. The maximum Gasteiger partial charge on any atom is 0.187 e. The number of fused-ring (bicyclic) bond motifs is 1. The Labute approximate surface area is 194 Å². The molecule has 4 heterocycles. The summed E-state index contributed by atoms with van der Waals surface area (Å²) in [5, 5.41) is 17.3. The lowest BCUT2D eigenvalue weighted by Crippen LogP contribution is -2.33. The number of nitrogens with two attached hydrogens (primary N) is 1. The van der Waals surface area contributed by atoms with Gasteiger partial charge < -0.3 is 21.7 Å². The van der Waals surface area contributed by atoms with Gasteiger partial charge in [-0.1, -0.05) is 6.58 Å². The molecule has 0 amide bonds. The van der Waals surface area contributed by atoms with Gasteiger partial charge >= 0.3 is 0 Å². The van der Waals surface area contributed by atoms with E-state index in [-0.39, 0.29) is 11.7 Å². The number of rotatable bonds is 7. The maximum atomic E-state index is 14.1. The molecule has 0 unspecified atom stereocenters. The standard InChI is InChI=1S/C22H24FN9S/c1-13(28-17-6-7-25-11-16(17)23)19-12-27-21-18(30-22-26-8-9-33-22)10-20(31-32(19)21)29-15-4-2-14(24)3-5-15/h6-12,14-15H,1-5,24H2,(H,25,28)(H,26,30)(H,29,31). The first-order valence-corrected chi connectivity index (χ1v) is 11.6. The third kappa shape index (κ3) is 4.64. The zero-order chi connectivity index (χ0) is 22.8. The van der Waals surface area contributed by atoms with Gasteiger partial charge in [0.05, 0.1) is 29.5 Å². The van der Waals surface area contributed by atoms with Crippen molar-refractivity contribution in [2.24, 2.45) is 5.73 Å². The lowest BCUT2D eigenvalue weighted by atomic mass is 9.92. The highest BCUT2D eigenvalue weighted by Gasteiger charge is 2.21. The summed E-state index contributed by atoms with van der Waals surface area (Å²) in [6.45, 7) is 4.08. The number of pyridine rings is 1. The average Bonchev–Trinajstić information content (AvgIpc) is 3.47. The van der Waals surface area contributed by atoms with E-state index in [0.717, 1.165) is 42.7 Å². The molecule has 0 aromatic carbocycles. The molecule has 11 heteroatoms. The van der Waals surface area contributed by atoms with E-state index in [0.29, 0.717) is 28.9 Å². The van der Waals surface area contributed by atoms with Gasteiger partial charge in [-0.05, 0) is 31.7 Å². The minimum atomic E-state index is -0.468. The third-order valence-electron chi connectivity index (χ3n) is 5.63. The Hall–Kier alpha value is -3.57. The second kappa shape index (κ2) is 9.12. The summed E-state index contributed by atoms with van der Waals surface area (Å²) >= 11 is 1.49. The van der Waals surface area contributed by atoms with Crippen LogP contribution in [0.15, 0.2) is 48.9 Å². The number of anilines is 4. The lowest BCUT2D eigenvalue weighted by Gasteiger charge is -2.27. The van der Waals surface area contributed by atoms with Crippen LogP contribution < -0.4 is 21.7 Å². The van der Waals surface area contributed by atoms with Crippen molar-refractivity contribution in [3.63, 3.8) is 0 Å². The number of hydrogen-bond acceptors (Lipinski definition) is 9. The van der Waals surface area contributed by atoms with Crippen molar-refractivity contribution in [2.75, 3.05) is 16.0 Å². The molecular formula is C22H24FN9S. The monoisotopic (exact) mass is 465 g/mol. The van der Waals surface area contributed by atoms with E-state index in [1.165, 1.54) is 17.5 Å². The Morgan fingerprint density at radius 2 is 2.00 bits per heavy atom. The first kappa shape index (κ1) is 21.3. The molecule has 1 aliphatic carbocycles. The van der Waals surface area contributed by atoms with Crippen molar-refractivity contribution in [1.29, 1.82) is 0 Å². The van der Waals surface area contributed by atoms with E-state index >= 15 is 0 Å². The van der Waals surface area contributed by atoms with Crippen molar-refractivity contribution in [3.05, 3.63) is 60.4 Å². The number of imidazole rings is 1. The molecule has 5 rings (SSSR count). The van der Waals surface area contributed by atoms with E-state index in [1.807, 2.05) is 11.4 Å². The van der Waals surface area contributed by atoms with Gasteiger partial charge in [0.2, 0.25) is 0 Å². The largest absolute Gasteiger partial charge is 0.366 e. The highest BCUT2D eigenvalue weighted by atomic mass is 32.1. The molecule has 0 radical (unpaired) electrons. The van der Waals surface area contributed by atoms with Crippen molar-refractivity contribution < 1.29 is 4.39 Å². The Morgan fingerprint density at radius 3 is 2.76 bits per heavy atom. The third-order valence-corrected chi connectivity index (χ3v) is 6.32. The molecule has 5 N–H and O–H groups in total. The van der Waals surface area contributed by atoms with E-state index in [2.05, 4.69) is 37.5 Å². The van der Waals surface area contributed by atoms with Gasteiger partial charge in [0.25, 0.3) is 0 Å². The molecule has 0 atom stereocenters. The molecule has 4 aromatic heterocycles. The van der Waals surface area contributed by atoms with Crippen LogP contribution in [0.2, 0.25) is 0 Å². The van der Waals surface area contributed by atoms with Crippen molar-refractivity contribution in [2.45, 2.75) is 37.8 Å². The molecule has 0 aliphatic heterocycles. The molecular weight excluding hydrogens is 441 g/mol. The summed E-state index contributed by atoms with van der Waals surface area (Å²) in [5.41, 5.74) is 8.76. The van der Waals surface area contributed by atoms with E-state index in [9.17, 15) is 4.39 Å². The Balaban J connectivity index is 1.49. The number of nitrogens with zero attached hydrogens (tertiary/aromatic N) is 5. The molecule has 0 bridgehead atoms. The van der Waals surface area contributed by atoms with Gasteiger partial charge in [-0.15, -0.1) is 16.4 Å². The van der Waals surface area contributed by atoms with Gasteiger partial charge in [0.1, 0.15) is 11.5 Å². The molecule has 33 heavy (non-hydrogen) atoms. The number of aromatic nitrogens is 5. The lowest BCUT2D eigenvalue weighted by molar-refractivity contribution is 0.410. The molecule has 0 saturated heterocycles. The summed E-state index contributed by atoms with van der Waals surface area (Å²) < 4.78 is 15.8. The molecule has 1 fully saturated rings. The molecule has 9 nitrogen and oxygen atoms in total. The van der Waals surface area contributed by atoms with Crippen LogP contribution in [-0.2, 0) is 0 Å². The first-order valence-electron chi connectivity index (χ1n) is 10.7. The average molecular weight is 466 g/mol. The van der Waals surface area contributed by atoms with Gasteiger partial charge in [0, 0.05) is 35.9 Å². The highest BCUT2D eigenvalue weighted by Crippen LogP contribution is 2.29. The van der Waals surface area contributed by atoms with Gasteiger partial charge in [0.15, 0.2) is 16.6 Å². The molecule has 1 saturated carbocycles. The van der Waals surface area contributed by atoms with Gasteiger partial charge in [-0.25, -0.2) is 18.9 Å². The van der Waals surface area contributed by atoms with Crippen molar-refractivity contribution in [1.82, 2.24) is 24.6 Å².